The van der Waals surface area contributed by atoms with Crippen molar-refractivity contribution in [1.29, 1.82) is 0 Å². The van der Waals surface area contributed by atoms with Crippen molar-refractivity contribution in [2.75, 3.05) is 7.11 Å². The number of ketones is 1. The minimum absolute atomic E-state index is 0.117. The Bertz CT molecular complexity index is 863. The van der Waals surface area contributed by atoms with Crippen LogP contribution >= 0.6 is 0 Å². The van der Waals surface area contributed by atoms with Crippen LogP contribution in [0.15, 0.2) is 4.99 Å². The second-order valence-corrected chi connectivity index (χ2v) is 11.8. The Balaban J connectivity index is 1.47. The zero-order valence-electron chi connectivity index (χ0n) is 18.8. The van der Waals surface area contributed by atoms with Gasteiger partial charge in [-0.15, -0.1) is 0 Å². The van der Waals surface area contributed by atoms with Crippen LogP contribution in [0.4, 0.5) is 0 Å². The van der Waals surface area contributed by atoms with Gasteiger partial charge in [-0.1, -0.05) is 33.6 Å². The van der Waals surface area contributed by atoms with Crippen LogP contribution in [0.25, 0.3) is 0 Å². The summed E-state index contributed by atoms with van der Waals surface area (Å²) in [5.74, 6) is 1.43. The Morgan fingerprint density at radius 3 is 2.60 bits per heavy atom. The van der Waals surface area contributed by atoms with Gasteiger partial charge in [0.15, 0.2) is 5.90 Å². The molecule has 0 aromatic carbocycles. The molecule has 0 saturated heterocycles. The van der Waals surface area contributed by atoms with E-state index in [0.717, 1.165) is 44.4 Å². The molecule has 5 saturated carbocycles. The van der Waals surface area contributed by atoms with E-state index in [4.69, 9.17) is 14.5 Å². The highest BCUT2D eigenvalue weighted by atomic mass is 16.5. The fourth-order valence-electron chi connectivity index (χ4n) is 9.47. The van der Waals surface area contributed by atoms with Gasteiger partial charge in [0.1, 0.15) is 11.9 Å². The summed E-state index contributed by atoms with van der Waals surface area (Å²) >= 11 is 0. The van der Waals surface area contributed by atoms with Gasteiger partial charge < -0.3 is 9.47 Å². The SMILES string of the molecule is COC(=O)[C@@]12CCCC(=O)[C@@H]1[C@H]1CCCC[C@]12C1=N[C@@H]2[C@H]3CC[C@@](C)([C@@H]2O1)C3(C)C. The summed E-state index contributed by atoms with van der Waals surface area (Å²) in [6.45, 7) is 7.16. The molecule has 5 nitrogen and oxygen atoms in total. The van der Waals surface area contributed by atoms with Crippen molar-refractivity contribution in [1.82, 2.24) is 0 Å². The van der Waals surface area contributed by atoms with Crippen molar-refractivity contribution in [3.8, 4) is 0 Å². The van der Waals surface area contributed by atoms with Crippen molar-refractivity contribution in [2.45, 2.75) is 90.7 Å². The van der Waals surface area contributed by atoms with E-state index in [1.807, 2.05) is 0 Å². The number of rotatable bonds is 2. The molecule has 0 unspecified atom stereocenters. The molecule has 6 rings (SSSR count). The number of hydrogen-bond donors (Lipinski definition) is 0. The number of hydrogen-bond acceptors (Lipinski definition) is 5. The molecule has 5 fully saturated rings. The highest BCUT2D eigenvalue weighted by Crippen LogP contribution is 2.76. The summed E-state index contributed by atoms with van der Waals surface area (Å²) in [6, 6.07) is 0.207. The van der Waals surface area contributed by atoms with Gasteiger partial charge in [0.05, 0.1) is 24.0 Å². The zero-order chi connectivity index (χ0) is 21.1. The molecule has 5 heteroatoms. The topological polar surface area (TPSA) is 65.0 Å². The quantitative estimate of drug-likeness (QED) is 0.632. The number of nitrogens with zero attached hydrogens (tertiary/aromatic N) is 1. The number of Topliss-reactive ketones (excluding diaryl/α,β-unsaturated/α-hetero) is 1. The molecule has 5 aliphatic carbocycles. The Morgan fingerprint density at radius 1 is 1.07 bits per heavy atom. The third-order valence-electron chi connectivity index (χ3n) is 11.2. The van der Waals surface area contributed by atoms with Crippen molar-refractivity contribution < 1.29 is 19.1 Å². The number of esters is 1. The molecule has 1 heterocycles. The first-order chi connectivity index (χ1) is 14.3. The molecule has 30 heavy (non-hydrogen) atoms. The minimum Gasteiger partial charge on any atom is -0.474 e. The van der Waals surface area contributed by atoms with Crippen molar-refractivity contribution >= 4 is 17.7 Å². The van der Waals surface area contributed by atoms with Gasteiger partial charge in [0, 0.05) is 17.8 Å². The molecule has 6 aliphatic rings. The molecule has 164 valence electrons. The monoisotopic (exact) mass is 413 g/mol. The number of methoxy groups -OCH3 is 1. The Morgan fingerprint density at radius 2 is 1.87 bits per heavy atom. The Kier molecular flexibility index (Phi) is 3.66. The lowest BCUT2D eigenvalue weighted by Crippen LogP contribution is -2.75. The van der Waals surface area contributed by atoms with E-state index in [1.54, 1.807) is 0 Å². The standard InChI is InChI=1S/C25H35NO4/c1-22(2)15-10-13-23(22,3)19-18(15)26-20(30-19)24-11-6-5-8-14(24)17-16(27)9-7-12-25(17,24)21(28)29-4/h14-15,17-19H,5-13H2,1-4H3/t14-,15-,17+,18-,19-,23+,24-,25-/m1/s1. The Labute approximate surface area is 179 Å². The molecule has 0 spiro atoms. The first kappa shape index (κ1) is 19.3. The summed E-state index contributed by atoms with van der Waals surface area (Å²) in [5, 5.41) is 0. The number of carbonyl (C=O) groups excluding carboxylic acids is 2. The van der Waals surface area contributed by atoms with Crippen LogP contribution in [-0.4, -0.2) is 36.9 Å². The van der Waals surface area contributed by atoms with E-state index in [0.29, 0.717) is 12.3 Å². The van der Waals surface area contributed by atoms with Crippen molar-refractivity contribution in [2.24, 2.45) is 44.4 Å². The van der Waals surface area contributed by atoms with Crippen LogP contribution < -0.4 is 0 Å². The normalized spacial score (nSPS) is 52.5. The number of carbonyl (C=O) groups is 2. The molecule has 0 aromatic rings. The van der Waals surface area contributed by atoms with Gasteiger partial charge in [-0.3, -0.25) is 9.59 Å². The van der Waals surface area contributed by atoms with Crippen LogP contribution in [-0.2, 0) is 19.1 Å². The molecule has 0 N–H and O–H groups in total. The summed E-state index contributed by atoms with van der Waals surface area (Å²) in [5.41, 5.74) is -0.833. The smallest absolute Gasteiger partial charge is 0.313 e. The van der Waals surface area contributed by atoms with E-state index in [1.165, 1.54) is 20.0 Å². The number of ether oxygens (including phenoxy) is 2. The predicted molar refractivity (Wildman–Crippen MR) is 112 cm³/mol. The van der Waals surface area contributed by atoms with E-state index in [-0.39, 0.29) is 46.6 Å². The second kappa shape index (κ2) is 5.69. The lowest BCUT2D eigenvalue weighted by Gasteiger charge is -2.69. The second-order valence-electron chi connectivity index (χ2n) is 11.8. The lowest BCUT2D eigenvalue weighted by atomic mass is 9.31. The molecule has 8 atom stereocenters. The van der Waals surface area contributed by atoms with Crippen LogP contribution in [0.3, 0.4) is 0 Å². The average molecular weight is 414 g/mol. The van der Waals surface area contributed by atoms with E-state index in [2.05, 4.69) is 20.8 Å². The van der Waals surface area contributed by atoms with E-state index in [9.17, 15) is 9.59 Å². The molecular weight excluding hydrogens is 378 g/mol. The zero-order valence-corrected chi connectivity index (χ0v) is 18.8. The number of fused-ring (bicyclic) bond motifs is 9. The third-order valence-corrected chi connectivity index (χ3v) is 11.2. The van der Waals surface area contributed by atoms with Crippen LogP contribution in [0.1, 0.15) is 78.6 Å². The molecular formula is C25H35NO4. The minimum atomic E-state index is -0.755. The van der Waals surface area contributed by atoms with E-state index < -0.39 is 10.8 Å². The summed E-state index contributed by atoms with van der Waals surface area (Å²) in [4.78, 5) is 31.8. The largest absolute Gasteiger partial charge is 0.474 e. The maximum Gasteiger partial charge on any atom is 0.313 e. The number of aliphatic imine (C=N–C) groups is 1. The fraction of sp³-hybridized carbons (Fsp3) is 0.880. The first-order valence-corrected chi connectivity index (χ1v) is 12.1. The highest BCUT2D eigenvalue weighted by Gasteiger charge is 2.82. The molecule has 0 radical (unpaired) electrons. The summed E-state index contributed by atoms with van der Waals surface area (Å²) in [6.07, 6.45) is 8.72. The Hall–Kier alpha value is -1.39. The summed E-state index contributed by atoms with van der Waals surface area (Å²) in [7, 11) is 1.48. The first-order valence-electron chi connectivity index (χ1n) is 12.1. The summed E-state index contributed by atoms with van der Waals surface area (Å²) < 4.78 is 12.3. The van der Waals surface area contributed by atoms with Gasteiger partial charge in [0.2, 0.25) is 0 Å². The molecule has 0 aromatic heterocycles. The van der Waals surface area contributed by atoms with Gasteiger partial charge in [-0.25, -0.2) is 4.99 Å². The van der Waals surface area contributed by atoms with Crippen LogP contribution in [0.2, 0.25) is 0 Å². The maximum atomic E-state index is 13.4. The fourth-order valence-corrected chi connectivity index (χ4v) is 9.47. The average Bonchev–Trinajstić information content (AvgIpc) is 3.30. The molecule has 1 aliphatic heterocycles. The molecule has 0 amide bonds. The predicted octanol–water partition coefficient (Wildman–Crippen LogP) is 4.33. The highest BCUT2D eigenvalue weighted by molar-refractivity contribution is 6.02. The van der Waals surface area contributed by atoms with Crippen LogP contribution in [0, 0.1) is 39.4 Å². The van der Waals surface area contributed by atoms with Crippen molar-refractivity contribution in [3.63, 3.8) is 0 Å². The van der Waals surface area contributed by atoms with Gasteiger partial charge in [-0.05, 0) is 55.8 Å². The third kappa shape index (κ3) is 1.76. The lowest BCUT2D eigenvalue weighted by molar-refractivity contribution is -0.227. The molecule has 2 bridgehead atoms. The maximum absolute atomic E-state index is 13.4. The van der Waals surface area contributed by atoms with Crippen molar-refractivity contribution in [3.05, 3.63) is 0 Å². The van der Waals surface area contributed by atoms with Gasteiger partial charge in [0.25, 0.3) is 0 Å². The van der Waals surface area contributed by atoms with Crippen LogP contribution in [0.5, 0.6) is 0 Å². The van der Waals surface area contributed by atoms with Gasteiger partial charge in [-0.2, -0.15) is 0 Å². The van der Waals surface area contributed by atoms with Gasteiger partial charge >= 0.3 is 5.97 Å². The van der Waals surface area contributed by atoms with E-state index >= 15 is 0 Å².